The molecule has 0 saturated carbocycles. The molecule has 2 unspecified atom stereocenters. The Kier molecular flexibility index (Phi) is 6.59. The van der Waals surface area contributed by atoms with E-state index in [4.69, 9.17) is 11.8 Å². The quantitative estimate of drug-likeness (QED) is 0.327. The van der Waals surface area contributed by atoms with Crippen molar-refractivity contribution in [3.63, 3.8) is 0 Å². The highest BCUT2D eigenvalue weighted by Gasteiger charge is 2.41. The lowest BCUT2D eigenvalue weighted by atomic mass is 10.2. The Hall–Kier alpha value is -1.80. The van der Waals surface area contributed by atoms with Gasteiger partial charge in [0.15, 0.2) is 6.49 Å². The van der Waals surface area contributed by atoms with Gasteiger partial charge in [-0.2, -0.15) is 5.10 Å². The Morgan fingerprint density at radius 2 is 1.59 bits per heavy atom. The van der Waals surface area contributed by atoms with E-state index in [-0.39, 0.29) is 18.2 Å². The SMILES string of the molecule is CN(/N=C/c1ccccc1)P1(=S)N2CCNC(=O)CC(=O)NCCN1CC2. The van der Waals surface area contributed by atoms with Gasteiger partial charge in [0.2, 0.25) is 11.8 Å². The smallest absolute Gasteiger partial charge is 0.229 e. The molecule has 2 amide bonds. The van der Waals surface area contributed by atoms with Crippen molar-refractivity contribution < 1.29 is 9.59 Å². The largest absolute Gasteiger partial charge is 0.354 e. The molecule has 2 saturated heterocycles. The summed E-state index contributed by atoms with van der Waals surface area (Å²) in [6.07, 6.45) is 1.69. The summed E-state index contributed by atoms with van der Waals surface area (Å²) in [5.74, 6) is -0.513. The van der Waals surface area contributed by atoms with Gasteiger partial charge in [-0.1, -0.05) is 30.3 Å². The van der Waals surface area contributed by atoms with E-state index in [9.17, 15) is 9.59 Å². The summed E-state index contributed by atoms with van der Waals surface area (Å²) in [5.41, 5.74) is 1.01. The Balaban J connectivity index is 1.79. The average Bonchev–Trinajstić information content (AvgIpc) is 2.97. The molecule has 2 bridgehead atoms. The fourth-order valence-electron chi connectivity index (χ4n) is 3.20. The van der Waals surface area contributed by atoms with Crippen molar-refractivity contribution in [3.05, 3.63) is 35.9 Å². The van der Waals surface area contributed by atoms with Crippen molar-refractivity contribution in [1.82, 2.24) is 24.8 Å². The molecule has 8 nitrogen and oxygen atoms in total. The number of carbonyl (C=O) groups is 2. The fraction of sp³-hybridized carbons (Fsp3) is 0.471. The summed E-state index contributed by atoms with van der Waals surface area (Å²) >= 11 is 6.14. The zero-order valence-electron chi connectivity index (χ0n) is 15.4. The highest BCUT2D eigenvalue weighted by Crippen LogP contribution is 2.59. The van der Waals surface area contributed by atoms with E-state index in [1.807, 2.05) is 48.4 Å². The standard InChI is InChI=1S/C17H25N6O2PS/c1-21(20-14-15-5-3-2-4-6-15)26(27)22-9-7-18-16(24)13-17(25)19-8-10-23(26)12-11-22/h2-6,14H,7-13H2,1H3,(H,18,24)(H,19,25)/b20-14+. The van der Waals surface area contributed by atoms with Gasteiger partial charge in [0.1, 0.15) is 6.42 Å². The molecule has 27 heavy (non-hydrogen) atoms. The minimum Gasteiger partial charge on any atom is -0.354 e. The maximum absolute atomic E-state index is 11.8. The molecule has 0 aliphatic carbocycles. The number of carbonyl (C=O) groups excluding carboxylic acids is 2. The lowest BCUT2D eigenvalue weighted by Gasteiger charge is -2.39. The van der Waals surface area contributed by atoms with Gasteiger partial charge in [0.25, 0.3) is 0 Å². The van der Waals surface area contributed by atoms with E-state index in [0.29, 0.717) is 26.2 Å². The van der Waals surface area contributed by atoms with Crippen LogP contribution in [0.2, 0.25) is 0 Å². The molecule has 2 aliphatic rings. The van der Waals surface area contributed by atoms with E-state index >= 15 is 0 Å². The third-order valence-corrected chi connectivity index (χ3v) is 9.83. The minimum atomic E-state index is -2.27. The first-order valence-corrected chi connectivity index (χ1v) is 11.6. The average molecular weight is 408 g/mol. The number of benzene rings is 1. The van der Waals surface area contributed by atoms with Crippen LogP contribution >= 0.6 is 6.49 Å². The summed E-state index contributed by atoms with van der Waals surface area (Å²) in [6.45, 7) is 1.60. The number of rotatable bonds is 3. The first-order valence-electron chi connectivity index (χ1n) is 8.97. The van der Waals surface area contributed by atoms with Crippen LogP contribution in [0.5, 0.6) is 0 Å². The molecule has 0 aromatic heterocycles. The number of nitrogens with zero attached hydrogens (tertiary/aromatic N) is 4. The summed E-state index contributed by atoms with van der Waals surface area (Å²) in [5, 5.41) is 10.2. The van der Waals surface area contributed by atoms with Crippen LogP contribution in [0.15, 0.2) is 35.4 Å². The van der Waals surface area contributed by atoms with Crippen LogP contribution in [0.3, 0.4) is 0 Å². The first kappa shape index (κ1) is 19.9. The molecule has 2 N–H and O–H groups in total. The first-order chi connectivity index (χ1) is 13.0. The molecular weight excluding hydrogens is 383 g/mol. The molecule has 0 spiro atoms. The molecule has 3 rings (SSSR count). The number of fused-ring (bicyclic) bond motifs is 2. The zero-order chi connectivity index (χ0) is 19.3. The van der Waals surface area contributed by atoms with Gasteiger partial charge >= 0.3 is 0 Å². The summed E-state index contributed by atoms with van der Waals surface area (Å²) in [6, 6.07) is 9.89. The molecule has 2 fully saturated rings. The van der Waals surface area contributed by atoms with Crippen molar-refractivity contribution in [3.8, 4) is 0 Å². The predicted octanol–water partition coefficient (Wildman–Crippen LogP) is 0.431. The minimum absolute atomic E-state index is 0.130. The lowest BCUT2D eigenvalue weighted by Crippen LogP contribution is -2.40. The van der Waals surface area contributed by atoms with Crippen molar-refractivity contribution in [2.45, 2.75) is 6.42 Å². The number of hydrogen-bond acceptors (Lipinski definition) is 4. The van der Waals surface area contributed by atoms with E-state index < -0.39 is 6.49 Å². The van der Waals surface area contributed by atoms with E-state index in [0.717, 1.165) is 18.7 Å². The van der Waals surface area contributed by atoms with Crippen LogP contribution in [-0.4, -0.2) is 78.5 Å². The van der Waals surface area contributed by atoms with Crippen LogP contribution in [0.4, 0.5) is 0 Å². The molecule has 1 aromatic rings. The van der Waals surface area contributed by atoms with Gasteiger partial charge in [0, 0.05) is 46.3 Å². The maximum atomic E-state index is 11.8. The Morgan fingerprint density at radius 1 is 1.04 bits per heavy atom. The molecular formula is C17H25N6O2PS. The van der Waals surface area contributed by atoms with Gasteiger partial charge in [0.05, 0.1) is 6.21 Å². The molecule has 146 valence electrons. The number of amides is 2. The van der Waals surface area contributed by atoms with Crippen LogP contribution in [0.25, 0.3) is 0 Å². The van der Waals surface area contributed by atoms with Crippen molar-refractivity contribution in [1.29, 1.82) is 0 Å². The monoisotopic (exact) mass is 408 g/mol. The second-order valence-electron chi connectivity index (χ2n) is 6.44. The lowest BCUT2D eigenvalue weighted by molar-refractivity contribution is -0.129. The van der Waals surface area contributed by atoms with Crippen LogP contribution in [0.1, 0.15) is 12.0 Å². The molecule has 2 aliphatic heterocycles. The van der Waals surface area contributed by atoms with Crippen molar-refractivity contribution in [2.24, 2.45) is 5.10 Å². The second kappa shape index (κ2) is 8.93. The van der Waals surface area contributed by atoms with Crippen molar-refractivity contribution in [2.75, 3.05) is 46.3 Å². The van der Waals surface area contributed by atoms with Gasteiger partial charge in [-0.15, -0.1) is 0 Å². The van der Waals surface area contributed by atoms with Gasteiger partial charge < -0.3 is 10.6 Å². The Bertz CT molecular complexity index is 727. The molecule has 10 heteroatoms. The van der Waals surface area contributed by atoms with E-state index in [2.05, 4.69) is 25.1 Å². The molecule has 0 radical (unpaired) electrons. The molecule has 1 aromatic carbocycles. The van der Waals surface area contributed by atoms with E-state index in [1.54, 1.807) is 0 Å². The van der Waals surface area contributed by atoms with Gasteiger partial charge in [-0.25, -0.2) is 14.1 Å². The predicted molar refractivity (Wildman–Crippen MR) is 110 cm³/mol. The van der Waals surface area contributed by atoms with Crippen LogP contribution in [-0.2, 0) is 21.4 Å². The highest BCUT2D eigenvalue weighted by molar-refractivity contribution is 8.11. The summed E-state index contributed by atoms with van der Waals surface area (Å²) < 4.78 is 6.38. The Morgan fingerprint density at radius 3 is 2.15 bits per heavy atom. The molecule has 2 heterocycles. The van der Waals surface area contributed by atoms with E-state index in [1.165, 1.54) is 0 Å². The van der Waals surface area contributed by atoms with Gasteiger partial charge in [-0.3, -0.25) is 9.59 Å². The summed E-state index contributed by atoms with van der Waals surface area (Å²) in [7, 11) is 1.91. The topological polar surface area (TPSA) is 80.3 Å². The normalized spacial score (nSPS) is 29.5. The van der Waals surface area contributed by atoms with Gasteiger partial charge in [-0.05, 0) is 17.4 Å². The fourth-order valence-corrected chi connectivity index (χ4v) is 7.00. The van der Waals surface area contributed by atoms with Crippen LogP contribution < -0.4 is 10.6 Å². The second-order valence-corrected chi connectivity index (χ2v) is 10.6. The number of nitrogens with one attached hydrogen (secondary N) is 2. The maximum Gasteiger partial charge on any atom is 0.229 e. The third-order valence-electron chi connectivity index (χ3n) is 4.61. The highest BCUT2D eigenvalue weighted by atomic mass is 32.4. The number of hydrogen-bond donors (Lipinski definition) is 2. The third kappa shape index (κ3) is 4.73. The molecule has 2 atom stereocenters. The zero-order valence-corrected chi connectivity index (χ0v) is 17.1. The Labute approximate surface area is 164 Å². The van der Waals surface area contributed by atoms with Crippen molar-refractivity contribution >= 4 is 36.3 Å². The van der Waals surface area contributed by atoms with Crippen LogP contribution in [0, 0.1) is 0 Å². The number of hydrazone groups is 1. The summed E-state index contributed by atoms with van der Waals surface area (Å²) in [4.78, 5) is 23.6.